The number of carboxylic acids is 1. The van der Waals surface area contributed by atoms with Gasteiger partial charge >= 0.3 is 5.97 Å². The summed E-state index contributed by atoms with van der Waals surface area (Å²) in [4.78, 5) is 9.84. The van der Waals surface area contributed by atoms with E-state index in [1.54, 1.807) is 0 Å². The standard InChI is InChI=1S/C12H14F2O5S/c1-12(2,17)5-6-20(18,19)8-4-3-7(13)9(10(8)14)11(15)16/h3-4,17H,5-6H2,1-2H3,(H,15,16). The van der Waals surface area contributed by atoms with Crippen molar-refractivity contribution in [2.24, 2.45) is 0 Å². The van der Waals surface area contributed by atoms with Gasteiger partial charge in [0.15, 0.2) is 15.7 Å². The van der Waals surface area contributed by atoms with E-state index in [9.17, 15) is 27.1 Å². The molecule has 0 atom stereocenters. The van der Waals surface area contributed by atoms with Crippen LogP contribution >= 0.6 is 0 Å². The van der Waals surface area contributed by atoms with Gasteiger partial charge in [-0.05, 0) is 32.4 Å². The summed E-state index contributed by atoms with van der Waals surface area (Å²) in [7, 11) is -4.16. The van der Waals surface area contributed by atoms with Gasteiger partial charge in [-0.25, -0.2) is 22.0 Å². The molecule has 20 heavy (non-hydrogen) atoms. The van der Waals surface area contributed by atoms with Gasteiger partial charge in [-0.15, -0.1) is 0 Å². The third kappa shape index (κ3) is 3.73. The van der Waals surface area contributed by atoms with E-state index in [4.69, 9.17) is 5.11 Å². The van der Waals surface area contributed by atoms with E-state index in [-0.39, 0.29) is 6.42 Å². The van der Waals surface area contributed by atoms with Crippen molar-refractivity contribution >= 4 is 15.8 Å². The predicted octanol–water partition coefficient (Wildman–Crippen LogP) is 1.60. The topological polar surface area (TPSA) is 91.7 Å². The molecule has 112 valence electrons. The Balaban J connectivity index is 3.27. The number of aromatic carboxylic acids is 1. The van der Waals surface area contributed by atoms with Crippen molar-refractivity contribution in [1.29, 1.82) is 0 Å². The Labute approximate surface area is 114 Å². The first kappa shape index (κ1) is 16.5. The summed E-state index contributed by atoms with van der Waals surface area (Å²) in [6.45, 7) is 2.76. The molecule has 5 nitrogen and oxygen atoms in total. The van der Waals surface area contributed by atoms with Gasteiger partial charge in [0.1, 0.15) is 16.3 Å². The molecule has 0 bridgehead atoms. The van der Waals surface area contributed by atoms with Gasteiger partial charge in [0.05, 0.1) is 11.4 Å². The average molecular weight is 308 g/mol. The van der Waals surface area contributed by atoms with Crippen LogP contribution in [0, 0.1) is 11.6 Å². The summed E-state index contributed by atoms with van der Waals surface area (Å²) in [6.07, 6.45) is -0.172. The number of carbonyl (C=O) groups is 1. The summed E-state index contributed by atoms with van der Waals surface area (Å²) in [5, 5.41) is 18.2. The Hall–Kier alpha value is -1.54. The maximum atomic E-state index is 13.8. The highest BCUT2D eigenvalue weighted by molar-refractivity contribution is 7.91. The summed E-state index contributed by atoms with van der Waals surface area (Å²) >= 11 is 0. The number of aliphatic hydroxyl groups is 1. The van der Waals surface area contributed by atoms with Gasteiger partial charge in [0, 0.05) is 0 Å². The number of sulfone groups is 1. The first-order valence-electron chi connectivity index (χ1n) is 5.62. The van der Waals surface area contributed by atoms with Crippen LogP contribution in [0.1, 0.15) is 30.6 Å². The summed E-state index contributed by atoms with van der Waals surface area (Å²) < 4.78 is 50.9. The van der Waals surface area contributed by atoms with Crippen LogP contribution < -0.4 is 0 Å². The molecule has 2 N–H and O–H groups in total. The maximum Gasteiger partial charge on any atom is 0.341 e. The Morgan fingerprint density at radius 3 is 2.30 bits per heavy atom. The Bertz CT molecular complexity index is 632. The lowest BCUT2D eigenvalue weighted by atomic mass is 10.1. The number of benzene rings is 1. The lowest BCUT2D eigenvalue weighted by molar-refractivity contribution is 0.0684. The van der Waals surface area contributed by atoms with E-state index in [1.165, 1.54) is 13.8 Å². The number of halogens is 2. The van der Waals surface area contributed by atoms with Gasteiger partial charge in [0.2, 0.25) is 0 Å². The monoisotopic (exact) mass is 308 g/mol. The van der Waals surface area contributed by atoms with Gasteiger partial charge in [-0.1, -0.05) is 0 Å². The number of hydrogen-bond donors (Lipinski definition) is 2. The van der Waals surface area contributed by atoms with Crippen molar-refractivity contribution in [2.75, 3.05) is 5.75 Å². The molecule has 1 rings (SSSR count). The summed E-state index contributed by atoms with van der Waals surface area (Å²) in [5.74, 6) is -5.46. The summed E-state index contributed by atoms with van der Waals surface area (Å²) in [6, 6.07) is 1.26. The van der Waals surface area contributed by atoms with Crippen molar-refractivity contribution in [3.8, 4) is 0 Å². The Kier molecular flexibility index (Phi) is 4.50. The Morgan fingerprint density at radius 1 is 1.30 bits per heavy atom. The van der Waals surface area contributed by atoms with Crippen LogP contribution in [-0.4, -0.2) is 36.0 Å². The molecule has 0 spiro atoms. The van der Waals surface area contributed by atoms with Crippen LogP contribution in [-0.2, 0) is 9.84 Å². The van der Waals surface area contributed by atoms with E-state index in [1.807, 2.05) is 0 Å². The zero-order valence-corrected chi connectivity index (χ0v) is 11.7. The first-order chi connectivity index (χ1) is 8.96. The van der Waals surface area contributed by atoms with Crippen LogP contribution in [0.15, 0.2) is 17.0 Å². The van der Waals surface area contributed by atoms with E-state index in [0.717, 1.165) is 0 Å². The van der Waals surface area contributed by atoms with Crippen molar-refractivity contribution in [2.45, 2.75) is 30.8 Å². The average Bonchev–Trinajstić information content (AvgIpc) is 2.24. The second-order valence-corrected chi connectivity index (χ2v) is 7.00. The van der Waals surface area contributed by atoms with Crippen LogP contribution in [0.4, 0.5) is 8.78 Å². The fourth-order valence-corrected chi connectivity index (χ4v) is 3.10. The molecule has 0 aliphatic carbocycles. The minimum absolute atomic E-state index is 0.172. The lowest BCUT2D eigenvalue weighted by Crippen LogP contribution is -2.24. The fraction of sp³-hybridized carbons (Fsp3) is 0.417. The van der Waals surface area contributed by atoms with Gasteiger partial charge in [0.25, 0.3) is 0 Å². The summed E-state index contributed by atoms with van der Waals surface area (Å²) in [5.41, 5.74) is -2.59. The van der Waals surface area contributed by atoms with Crippen LogP contribution in [0.25, 0.3) is 0 Å². The minimum atomic E-state index is -4.16. The van der Waals surface area contributed by atoms with Crippen molar-refractivity contribution in [1.82, 2.24) is 0 Å². The molecular formula is C12H14F2O5S. The highest BCUT2D eigenvalue weighted by Gasteiger charge is 2.28. The second-order valence-electron chi connectivity index (χ2n) is 4.92. The SMILES string of the molecule is CC(C)(O)CCS(=O)(=O)c1ccc(F)c(C(=O)O)c1F. The van der Waals surface area contributed by atoms with Crippen molar-refractivity contribution in [3.05, 3.63) is 29.3 Å². The molecule has 8 heteroatoms. The van der Waals surface area contributed by atoms with Gasteiger partial charge < -0.3 is 10.2 Å². The highest BCUT2D eigenvalue weighted by atomic mass is 32.2. The molecule has 0 radical (unpaired) electrons. The van der Waals surface area contributed by atoms with Gasteiger partial charge in [-0.3, -0.25) is 0 Å². The van der Waals surface area contributed by atoms with Crippen molar-refractivity contribution in [3.63, 3.8) is 0 Å². The smallest absolute Gasteiger partial charge is 0.341 e. The maximum absolute atomic E-state index is 13.8. The molecule has 0 unspecified atom stereocenters. The second kappa shape index (κ2) is 5.45. The molecule has 0 amide bonds. The predicted molar refractivity (Wildman–Crippen MR) is 66.3 cm³/mol. The first-order valence-corrected chi connectivity index (χ1v) is 7.27. The molecule has 0 aliphatic heterocycles. The third-order valence-corrected chi connectivity index (χ3v) is 4.31. The molecule has 0 saturated carbocycles. The lowest BCUT2D eigenvalue weighted by Gasteiger charge is -2.17. The van der Waals surface area contributed by atoms with Gasteiger partial charge in [-0.2, -0.15) is 0 Å². The van der Waals surface area contributed by atoms with E-state index >= 15 is 0 Å². The van der Waals surface area contributed by atoms with E-state index in [0.29, 0.717) is 12.1 Å². The number of hydrogen-bond acceptors (Lipinski definition) is 4. The van der Waals surface area contributed by atoms with Crippen LogP contribution in [0.2, 0.25) is 0 Å². The fourth-order valence-electron chi connectivity index (χ4n) is 1.46. The molecular weight excluding hydrogens is 294 g/mol. The molecule has 1 aromatic rings. The zero-order chi connectivity index (χ0) is 15.7. The molecule has 0 aromatic heterocycles. The van der Waals surface area contributed by atoms with E-state index in [2.05, 4.69) is 0 Å². The molecule has 0 fully saturated rings. The normalized spacial score (nSPS) is 12.4. The van der Waals surface area contributed by atoms with Crippen molar-refractivity contribution < 1.29 is 32.2 Å². The molecule has 1 aromatic carbocycles. The Morgan fingerprint density at radius 2 is 1.85 bits per heavy atom. The van der Waals surface area contributed by atoms with Crippen LogP contribution in [0.3, 0.4) is 0 Å². The molecule has 0 heterocycles. The van der Waals surface area contributed by atoms with Crippen LogP contribution in [0.5, 0.6) is 0 Å². The molecule has 0 aliphatic rings. The number of carboxylic acid groups (broad SMARTS) is 1. The minimum Gasteiger partial charge on any atom is -0.477 e. The highest BCUT2D eigenvalue weighted by Crippen LogP contribution is 2.23. The van der Waals surface area contributed by atoms with E-state index < -0.39 is 49.3 Å². The molecule has 0 saturated heterocycles. The largest absolute Gasteiger partial charge is 0.477 e. The number of rotatable bonds is 5. The quantitative estimate of drug-likeness (QED) is 0.806. The zero-order valence-electron chi connectivity index (χ0n) is 10.9. The third-order valence-electron chi connectivity index (χ3n) is 2.59.